The number of benzene rings is 1. The second-order valence-electron chi connectivity index (χ2n) is 8.77. The highest BCUT2D eigenvalue weighted by Crippen LogP contribution is 2.25. The van der Waals surface area contributed by atoms with E-state index in [1.807, 2.05) is 27.7 Å². The highest BCUT2D eigenvalue weighted by molar-refractivity contribution is 7.97. The zero-order valence-electron chi connectivity index (χ0n) is 20.7. The van der Waals surface area contributed by atoms with Crippen LogP contribution in [0.1, 0.15) is 46.1 Å². The average Bonchev–Trinajstić information content (AvgIpc) is 2.71. The van der Waals surface area contributed by atoms with Gasteiger partial charge < -0.3 is 15.3 Å². The van der Waals surface area contributed by atoms with Crippen LogP contribution in [0.15, 0.2) is 47.0 Å². The van der Waals surface area contributed by atoms with Crippen molar-refractivity contribution in [3.05, 3.63) is 53.4 Å². The van der Waals surface area contributed by atoms with E-state index in [0.717, 1.165) is 11.1 Å². The lowest BCUT2D eigenvalue weighted by Crippen LogP contribution is -2.34. The van der Waals surface area contributed by atoms with E-state index in [1.165, 1.54) is 24.5 Å². The normalized spacial score (nSPS) is 18.0. The number of aliphatic hydroxyl groups is 2. The Kier molecular flexibility index (Phi) is 11.3. The van der Waals surface area contributed by atoms with Crippen LogP contribution in [0.25, 0.3) is 5.57 Å². The summed E-state index contributed by atoms with van der Waals surface area (Å²) in [5.74, 6) is 2.14. The molecule has 190 valence electrons. The third-order valence-electron chi connectivity index (χ3n) is 5.37. The lowest BCUT2D eigenvalue weighted by molar-refractivity contribution is -0.139. The Labute approximate surface area is 202 Å². The van der Waals surface area contributed by atoms with E-state index in [-0.39, 0.29) is 18.2 Å². The number of aliphatic carboxylic acids is 1. The Morgan fingerprint density at radius 2 is 1.79 bits per heavy atom. The van der Waals surface area contributed by atoms with E-state index in [4.69, 9.17) is 10.1 Å². The molecule has 0 aliphatic carbocycles. The molecule has 4 atom stereocenters. The molecule has 0 aromatic heterocycles. The molecule has 0 saturated carbocycles. The molecule has 0 bridgehead atoms. The molecule has 0 heterocycles. The Morgan fingerprint density at radius 1 is 1.24 bits per heavy atom. The minimum atomic E-state index is -2.49. The molecular formula is C25H37FN2O5S. The molecular weight excluding hydrogens is 459 g/mol. The van der Waals surface area contributed by atoms with E-state index in [2.05, 4.69) is 5.87 Å². The van der Waals surface area contributed by atoms with Crippen LogP contribution in [0.3, 0.4) is 0 Å². The van der Waals surface area contributed by atoms with Gasteiger partial charge in [0.25, 0.3) is 0 Å². The molecule has 1 aromatic rings. The fourth-order valence-electron chi connectivity index (χ4n) is 3.24. The van der Waals surface area contributed by atoms with Gasteiger partial charge in [0.15, 0.2) is 0 Å². The predicted molar refractivity (Wildman–Crippen MR) is 138 cm³/mol. The van der Waals surface area contributed by atoms with Gasteiger partial charge in [0.2, 0.25) is 0 Å². The van der Waals surface area contributed by atoms with Gasteiger partial charge in [-0.3, -0.25) is 14.0 Å². The summed E-state index contributed by atoms with van der Waals surface area (Å²) in [7, 11) is -0.809. The molecule has 3 N–H and O–H groups in total. The van der Waals surface area contributed by atoms with Gasteiger partial charge in [0.05, 0.1) is 18.6 Å². The number of carbonyl (C=O) groups is 1. The molecule has 1 aromatic carbocycles. The number of nitrogens with zero attached hydrogens (tertiary/aromatic N) is 2. The van der Waals surface area contributed by atoms with Crippen LogP contribution in [-0.4, -0.2) is 73.1 Å². The summed E-state index contributed by atoms with van der Waals surface area (Å²) in [4.78, 5) is 15.6. The molecule has 34 heavy (non-hydrogen) atoms. The van der Waals surface area contributed by atoms with Gasteiger partial charge in [0, 0.05) is 35.1 Å². The van der Waals surface area contributed by atoms with Crippen molar-refractivity contribution in [2.45, 2.75) is 58.9 Å². The SMILES string of the molecule is C=S(C)(=O)N(C)C(C)N=C(C(/C=C/[C@@H](O)C[C@@H](O)CC(=O)O)=C(\C)c1ccc(F)cc1)C(C)C. The molecule has 0 saturated heterocycles. The van der Waals surface area contributed by atoms with Crippen LogP contribution in [0.2, 0.25) is 0 Å². The molecule has 9 heteroatoms. The van der Waals surface area contributed by atoms with Crippen molar-refractivity contribution >= 4 is 32.8 Å². The summed E-state index contributed by atoms with van der Waals surface area (Å²) in [5, 5.41) is 29.0. The van der Waals surface area contributed by atoms with Crippen molar-refractivity contribution in [1.29, 1.82) is 0 Å². The number of aliphatic hydroxyl groups excluding tert-OH is 2. The van der Waals surface area contributed by atoms with Crippen molar-refractivity contribution in [2.24, 2.45) is 10.9 Å². The second-order valence-corrected chi connectivity index (χ2v) is 11.3. The largest absolute Gasteiger partial charge is 0.481 e. The molecule has 1 rings (SSSR count). The first-order chi connectivity index (χ1) is 15.6. The number of hydrogen-bond acceptors (Lipinski definition) is 5. The third kappa shape index (κ3) is 9.50. The minimum Gasteiger partial charge on any atom is -0.481 e. The Morgan fingerprint density at radius 3 is 2.26 bits per heavy atom. The zero-order chi connectivity index (χ0) is 26.2. The monoisotopic (exact) mass is 496 g/mol. The van der Waals surface area contributed by atoms with Crippen molar-refractivity contribution in [1.82, 2.24) is 4.31 Å². The van der Waals surface area contributed by atoms with Gasteiger partial charge in [-0.05, 0) is 54.5 Å². The van der Waals surface area contributed by atoms with E-state index in [1.54, 1.807) is 29.6 Å². The number of hydrogen-bond donors (Lipinski definition) is 3. The fourth-order valence-corrected chi connectivity index (χ4v) is 3.93. The maximum Gasteiger partial charge on any atom is 0.305 e. The first kappa shape index (κ1) is 29.7. The quantitative estimate of drug-likeness (QED) is 0.233. The Bertz CT molecular complexity index is 1030. The van der Waals surface area contributed by atoms with Gasteiger partial charge in [-0.2, -0.15) is 0 Å². The molecule has 0 aliphatic heterocycles. The number of carboxylic acid groups (broad SMARTS) is 1. The molecule has 0 spiro atoms. The number of allylic oxidation sites excluding steroid dienone is 3. The Balaban J connectivity index is 3.53. The smallest absolute Gasteiger partial charge is 0.305 e. The van der Waals surface area contributed by atoms with Crippen molar-refractivity contribution in [3.63, 3.8) is 0 Å². The lowest BCUT2D eigenvalue weighted by Gasteiger charge is -2.25. The van der Waals surface area contributed by atoms with Gasteiger partial charge in [0.1, 0.15) is 12.0 Å². The molecule has 0 fully saturated rings. The average molecular weight is 497 g/mol. The zero-order valence-corrected chi connectivity index (χ0v) is 21.6. The number of aliphatic imine (C=N–C) groups is 1. The van der Waals surface area contributed by atoms with Crippen LogP contribution in [0, 0.1) is 11.7 Å². The van der Waals surface area contributed by atoms with Gasteiger partial charge in [-0.25, -0.2) is 8.70 Å². The minimum absolute atomic E-state index is 0.0571. The van der Waals surface area contributed by atoms with Crippen LogP contribution in [0.5, 0.6) is 0 Å². The van der Waals surface area contributed by atoms with E-state index >= 15 is 0 Å². The first-order valence-corrected chi connectivity index (χ1v) is 13.1. The van der Waals surface area contributed by atoms with Gasteiger partial charge >= 0.3 is 5.97 Å². The summed E-state index contributed by atoms with van der Waals surface area (Å²) in [6.45, 7) is 7.58. The summed E-state index contributed by atoms with van der Waals surface area (Å²) in [6, 6.07) is 6.01. The fraction of sp³-hybridized carbons (Fsp3) is 0.480. The van der Waals surface area contributed by atoms with Crippen molar-refractivity contribution in [2.75, 3.05) is 13.3 Å². The Hall–Kier alpha value is -2.33. The van der Waals surface area contributed by atoms with Crippen LogP contribution < -0.4 is 0 Å². The number of rotatable bonds is 12. The van der Waals surface area contributed by atoms with Gasteiger partial charge in [-0.15, -0.1) is 0 Å². The van der Waals surface area contributed by atoms with Crippen molar-refractivity contribution < 1.29 is 28.7 Å². The maximum atomic E-state index is 13.5. The number of halogens is 1. The van der Waals surface area contributed by atoms with Crippen LogP contribution in [-0.2, 0) is 14.5 Å². The summed E-state index contributed by atoms with van der Waals surface area (Å²) >= 11 is 0. The molecule has 0 aliphatic rings. The molecule has 2 unspecified atom stereocenters. The topological polar surface area (TPSA) is 110 Å². The summed E-state index contributed by atoms with van der Waals surface area (Å²) in [6.07, 6.45) is 1.34. The lowest BCUT2D eigenvalue weighted by atomic mass is 9.91. The van der Waals surface area contributed by atoms with Crippen LogP contribution in [0.4, 0.5) is 4.39 Å². The summed E-state index contributed by atoms with van der Waals surface area (Å²) < 4.78 is 27.5. The predicted octanol–water partition coefficient (Wildman–Crippen LogP) is 3.38. The van der Waals surface area contributed by atoms with Gasteiger partial charge in [-0.1, -0.05) is 38.1 Å². The first-order valence-electron chi connectivity index (χ1n) is 11.0. The van der Waals surface area contributed by atoms with Crippen LogP contribution >= 0.6 is 0 Å². The standard InChI is InChI=1S/C25H37FN2O5S/c1-16(2)25(27-18(4)28(5)34(6,7)33)23(17(3)19-8-10-20(26)11-9-19)13-12-21(29)14-22(30)15-24(31)32/h8-13,16,18,21-22,29-30H,6,14-15H2,1-5,7H3,(H,31,32)/b13-12+,23-17+,27-25?/t18?,21-,22-,34?/m1/s1. The highest BCUT2D eigenvalue weighted by atomic mass is 32.2. The van der Waals surface area contributed by atoms with Crippen molar-refractivity contribution in [3.8, 4) is 0 Å². The van der Waals surface area contributed by atoms with E-state index < -0.39 is 40.5 Å². The summed E-state index contributed by atoms with van der Waals surface area (Å²) in [5.41, 5.74) is 2.90. The van der Waals surface area contributed by atoms with E-state index in [9.17, 15) is 23.6 Å². The molecule has 0 amide bonds. The number of carboxylic acids is 1. The highest BCUT2D eigenvalue weighted by Gasteiger charge is 2.20. The molecule has 0 radical (unpaired) electrons. The molecule has 7 nitrogen and oxygen atoms in total. The third-order valence-corrected chi connectivity index (χ3v) is 6.90. The maximum absolute atomic E-state index is 13.5. The second kappa shape index (κ2) is 12.9. The van der Waals surface area contributed by atoms with E-state index in [0.29, 0.717) is 11.3 Å².